The molecule has 2 aromatic rings. The number of benzene rings is 1. The zero-order chi connectivity index (χ0) is 13.0. The molecule has 0 amide bonds. The van der Waals surface area contributed by atoms with Gasteiger partial charge in [-0.15, -0.1) is 0 Å². The van der Waals surface area contributed by atoms with E-state index in [1.807, 2.05) is 23.9 Å². The predicted octanol–water partition coefficient (Wildman–Crippen LogP) is 1.55. The highest BCUT2D eigenvalue weighted by molar-refractivity contribution is 5.74. The van der Waals surface area contributed by atoms with Crippen molar-refractivity contribution in [2.75, 3.05) is 18.4 Å². The quantitative estimate of drug-likeness (QED) is 0.700. The van der Waals surface area contributed by atoms with Gasteiger partial charge in [-0.2, -0.15) is 5.10 Å². The second-order valence-electron chi connectivity index (χ2n) is 4.15. The van der Waals surface area contributed by atoms with E-state index in [-0.39, 0.29) is 5.75 Å². The van der Waals surface area contributed by atoms with Crippen LogP contribution in [0.2, 0.25) is 0 Å². The molecule has 96 valence electrons. The van der Waals surface area contributed by atoms with Crippen LogP contribution in [0.1, 0.15) is 6.42 Å². The Bertz CT molecular complexity index is 504. The first-order valence-electron chi connectivity index (χ1n) is 5.97. The minimum Gasteiger partial charge on any atom is -0.508 e. The number of aromatic nitrogens is 2. The van der Waals surface area contributed by atoms with Gasteiger partial charge in [-0.05, 0) is 37.2 Å². The maximum Gasteiger partial charge on any atom is 0.115 e. The van der Waals surface area contributed by atoms with E-state index in [4.69, 9.17) is 5.73 Å². The van der Waals surface area contributed by atoms with E-state index < -0.39 is 0 Å². The van der Waals surface area contributed by atoms with Crippen LogP contribution in [0.3, 0.4) is 0 Å². The number of nitrogens with zero attached hydrogens (tertiary/aromatic N) is 2. The van der Waals surface area contributed by atoms with Gasteiger partial charge in [0.1, 0.15) is 5.75 Å². The Hall–Kier alpha value is -2.01. The van der Waals surface area contributed by atoms with Crippen LogP contribution in [0.5, 0.6) is 5.75 Å². The highest BCUT2D eigenvalue weighted by atomic mass is 16.3. The molecular weight excluding hydrogens is 228 g/mol. The van der Waals surface area contributed by atoms with Gasteiger partial charge in [0.05, 0.1) is 17.6 Å². The standard InChI is InChI=1S/C13H18N4O/c1-17-13(10-3-5-11(18)6-4-10)12(9-16-17)15-8-2-7-14/h3-6,9,15,18H,2,7-8,14H2,1H3. The molecule has 0 aliphatic carbocycles. The Kier molecular flexibility index (Phi) is 3.84. The molecule has 0 saturated heterocycles. The summed E-state index contributed by atoms with van der Waals surface area (Å²) in [5.74, 6) is 0.263. The van der Waals surface area contributed by atoms with E-state index >= 15 is 0 Å². The fourth-order valence-corrected chi connectivity index (χ4v) is 1.85. The van der Waals surface area contributed by atoms with Gasteiger partial charge < -0.3 is 16.2 Å². The molecule has 0 bridgehead atoms. The molecule has 1 aromatic carbocycles. The monoisotopic (exact) mass is 246 g/mol. The van der Waals surface area contributed by atoms with Crippen LogP contribution < -0.4 is 11.1 Å². The molecule has 0 spiro atoms. The lowest BCUT2D eigenvalue weighted by Crippen LogP contribution is -2.08. The van der Waals surface area contributed by atoms with Crippen molar-refractivity contribution < 1.29 is 5.11 Å². The predicted molar refractivity (Wildman–Crippen MR) is 72.5 cm³/mol. The van der Waals surface area contributed by atoms with Crippen molar-refractivity contribution in [3.63, 3.8) is 0 Å². The molecule has 0 fully saturated rings. The van der Waals surface area contributed by atoms with E-state index in [0.29, 0.717) is 6.54 Å². The number of anilines is 1. The summed E-state index contributed by atoms with van der Waals surface area (Å²) in [5.41, 5.74) is 8.48. The summed E-state index contributed by atoms with van der Waals surface area (Å²) >= 11 is 0. The summed E-state index contributed by atoms with van der Waals surface area (Å²) in [6.45, 7) is 1.50. The molecule has 18 heavy (non-hydrogen) atoms. The summed E-state index contributed by atoms with van der Waals surface area (Å²) < 4.78 is 1.82. The normalized spacial score (nSPS) is 10.6. The lowest BCUT2D eigenvalue weighted by Gasteiger charge is -2.08. The van der Waals surface area contributed by atoms with E-state index in [0.717, 1.165) is 29.9 Å². The first kappa shape index (κ1) is 12.4. The fraction of sp³-hybridized carbons (Fsp3) is 0.308. The molecule has 0 atom stereocenters. The van der Waals surface area contributed by atoms with Gasteiger partial charge in [-0.25, -0.2) is 0 Å². The third-order valence-corrected chi connectivity index (χ3v) is 2.78. The molecule has 4 N–H and O–H groups in total. The smallest absolute Gasteiger partial charge is 0.115 e. The average Bonchev–Trinajstić information content (AvgIpc) is 2.72. The molecule has 0 saturated carbocycles. The maximum absolute atomic E-state index is 9.31. The molecule has 5 heteroatoms. The Morgan fingerprint density at radius 1 is 1.33 bits per heavy atom. The van der Waals surface area contributed by atoms with Crippen molar-refractivity contribution in [1.29, 1.82) is 0 Å². The van der Waals surface area contributed by atoms with Crippen molar-refractivity contribution in [2.24, 2.45) is 12.8 Å². The van der Waals surface area contributed by atoms with Gasteiger partial charge in [-0.3, -0.25) is 4.68 Å². The van der Waals surface area contributed by atoms with Crippen LogP contribution in [-0.2, 0) is 7.05 Å². The van der Waals surface area contributed by atoms with Crippen LogP contribution in [-0.4, -0.2) is 28.0 Å². The van der Waals surface area contributed by atoms with E-state index in [9.17, 15) is 5.11 Å². The van der Waals surface area contributed by atoms with Crippen LogP contribution >= 0.6 is 0 Å². The topological polar surface area (TPSA) is 76.1 Å². The minimum atomic E-state index is 0.263. The van der Waals surface area contributed by atoms with Crippen molar-refractivity contribution in [1.82, 2.24) is 9.78 Å². The summed E-state index contributed by atoms with van der Waals surface area (Å²) in [6.07, 6.45) is 2.72. The number of rotatable bonds is 5. The van der Waals surface area contributed by atoms with Crippen molar-refractivity contribution >= 4 is 5.69 Å². The fourth-order valence-electron chi connectivity index (χ4n) is 1.85. The summed E-state index contributed by atoms with van der Waals surface area (Å²) in [5, 5.41) is 16.9. The van der Waals surface area contributed by atoms with Gasteiger partial charge in [0, 0.05) is 19.2 Å². The largest absolute Gasteiger partial charge is 0.508 e. The first-order valence-corrected chi connectivity index (χ1v) is 5.97. The molecule has 1 heterocycles. The molecular formula is C13H18N4O. The lowest BCUT2D eigenvalue weighted by molar-refractivity contribution is 0.475. The minimum absolute atomic E-state index is 0.263. The van der Waals surface area contributed by atoms with Gasteiger partial charge >= 0.3 is 0 Å². The van der Waals surface area contributed by atoms with E-state index in [1.165, 1.54) is 0 Å². The molecule has 0 aliphatic heterocycles. The Morgan fingerprint density at radius 2 is 2.06 bits per heavy atom. The number of aromatic hydroxyl groups is 1. The van der Waals surface area contributed by atoms with Crippen LogP contribution in [0, 0.1) is 0 Å². The molecule has 2 rings (SSSR count). The summed E-state index contributed by atoms with van der Waals surface area (Å²) in [6, 6.07) is 7.10. The molecule has 0 unspecified atom stereocenters. The lowest BCUT2D eigenvalue weighted by atomic mass is 10.1. The van der Waals surface area contributed by atoms with Crippen LogP contribution in [0.25, 0.3) is 11.3 Å². The van der Waals surface area contributed by atoms with Gasteiger partial charge in [-0.1, -0.05) is 0 Å². The van der Waals surface area contributed by atoms with Crippen LogP contribution in [0.4, 0.5) is 5.69 Å². The second-order valence-corrected chi connectivity index (χ2v) is 4.15. The van der Waals surface area contributed by atoms with E-state index in [2.05, 4.69) is 10.4 Å². The average molecular weight is 246 g/mol. The number of hydrogen-bond donors (Lipinski definition) is 3. The Morgan fingerprint density at radius 3 is 2.72 bits per heavy atom. The Labute approximate surface area is 106 Å². The van der Waals surface area contributed by atoms with Crippen molar-refractivity contribution in [3.8, 4) is 17.0 Å². The number of nitrogens with one attached hydrogen (secondary N) is 1. The first-order chi connectivity index (χ1) is 8.72. The highest BCUT2D eigenvalue weighted by Gasteiger charge is 2.10. The number of hydrogen-bond acceptors (Lipinski definition) is 4. The van der Waals surface area contributed by atoms with Gasteiger partial charge in [0.15, 0.2) is 0 Å². The number of nitrogens with two attached hydrogens (primary N) is 1. The van der Waals surface area contributed by atoms with Crippen molar-refractivity contribution in [2.45, 2.75) is 6.42 Å². The van der Waals surface area contributed by atoms with Crippen molar-refractivity contribution in [3.05, 3.63) is 30.5 Å². The van der Waals surface area contributed by atoms with Gasteiger partial charge in [0.2, 0.25) is 0 Å². The molecule has 0 radical (unpaired) electrons. The number of aryl methyl sites for hydroxylation is 1. The third-order valence-electron chi connectivity index (χ3n) is 2.78. The zero-order valence-electron chi connectivity index (χ0n) is 10.4. The van der Waals surface area contributed by atoms with Gasteiger partial charge in [0.25, 0.3) is 0 Å². The third kappa shape index (κ3) is 2.62. The molecule has 0 aliphatic rings. The maximum atomic E-state index is 9.31. The van der Waals surface area contributed by atoms with Crippen LogP contribution in [0.15, 0.2) is 30.5 Å². The highest BCUT2D eigenvalue weighted by Crippen LogP contribution is 2.28. The zero-order valence-corrected chi connectivity index (χ0v) is 10.4. The molecule has 5 nitrogen and oxygen atoms in total. The SMILES string of the molecule is Cn1ncc(NCCCN)c1-c1ccc(O)cc1. The summed E-state index contributed by atoms with van der Waals surface area (Å²) in [4.78, 5) is 0. The number of phenolic OH excluding ortho intramolecular Hbond substituents is 1. The summed E-state index contributed by atoms with van der Waals surface area (Å²) in [7, 11) is 1.90. The van der Waals surface area contributed by atoms with E-state index in [1.54, 1.807) is 18.3 Å². The number of phenols is 1. The second kappa shape index (κ2) is 5.55. The Balaban J connectivity index is 2.25. The molecule has 1 aromatic heterocycles.